The number of likely N-dealkylation sites (tertiary alicyclic amines) is 1. The maximum atomic E-state index is 13.3. The van der Waals surface area contributed by atoms with Crippen molar-refractivity contribution in [3.8, 4) is 0 Å². The molecule has 0 bridgehead atoms. The van der Waals surface area contributed by atoms with Crippen LogP contribution in [0.4, 0.5) is 0 Å². The molecule has 0 spiro atoms. The van der Waals surface area contributed by atoms with Gasteiger partial charge in [-0.3, -0.25) is 4.79 Å². The molecule has 2 aliphatic heterocycles. The predicted octanol–water partition coefficient (Wildman–Crippen LogP) is 3.21. The molecule has 1 N–H and O–H groups in total. The Bertz CT molecular complexity index is 592. The van der Waals surface area contributed by atoms with Crippen molar-refractivity contribution < 1.29 is 4.79 Å². The number of carbonyl (C=O) groups excluding carboxylic acids is 1. The number of hydrogen-bond acceptors (Lipinski definition) is 2. The second-order valence-electron chi connectivity index (χ2n) is 8.01. The molecule has 1 saturated carbocycles. The van der Waals surface area contributed by atoms with Gasteiger partial charge in [-0.15, -0.1) is 12.4 Å². The van der Waals surface area contributed by atoms with Gasteiger partial charge >= 0.3 is 0 Å². The molecule has 2 saturated heterocycles. The summed E-state index contributed by atoms with van der Waals surface area (Å²) < 4.78 is 0. The highest BCUT2D eigenvalue weighted by atomic mass is 35.5. The number of amides is 1. The lowest BCUT2D eigenvalue weighted by molar-refractivity contribution is -0.134. The van der Waals surface area contributed by atoms with Gasteiger partial charge in [-0.1, -0.05) is 29.3 Å². The van der Waals surface area contributed by atoms with E-state index in [-0.39, 0.29) is 17.8 Å². The molecule has 4 heteroatoms. The number of nitrogens with one attached hydrogen (secondary N) is 1. The zero-order chi connectivity index (χ0) is 16.0. The molecule has 3 aliphatic rings. The van der Waals surface area contributed by atoms with Gasteiger partial charge < -0.3 is 10.2 Å². The third-order valence-corrected chi connectivity index (χ3v) is 6.24. The quantitative estimate of drug-likeness (QED) is 0.890. The Morgan fingerprint density at radius 2 is 1.58 bits per heavy atom. The largest absolute Gasteiger partial charge is 0.342 e. The smallest absolute Gasteiger partial charge is 0.233 e. The van der Waals surface area contributed by atoms with E-state index in [4.69, 9.17) is 0 Å². The molecule has 24 heavy (non-hydrogen) atoms. The molecule has 1 amide bonds. The third kappa shape index (κ3) is 3.09. The second-order valence-corrected chi connectivity index (χ2v) is 8.01. The van der Waals surface area contributed by atoms with Crippen LogP contribution in [0.2, 0.25) is 0 Å². The van der Waals surface area contributed by atoms with Gasteiger partial charge in [0.2, 0.25) is 5.91 Å². The van der Waals surface area contributed by atoms with Crippen LogP contribution < -0.4 is 5.32 Å². The first kappa shape index (κ1) is 17.8. The fourth-order valence-corrected chi connectivity index (χ4v) is 4.73. The van der Waals surface area contributed by atoms with Gasteiger partial charge in [0.15, 0.2) is 0 Å². The minimum Gasteiger partial charge on any atom is -0.342 e. The zero-order valence-corrected chi connectivity index (χ0v) is 15.6. The molecule has 3 nitrogen and oxygen atoms in total. The summed E-state index contributed by atoms with van der Waals surface area (Å²) in [5.74, 6) is 1.96. The molecule has 4 rings (SSSR count). The van der Waals surface area contributed by atoms with Crippen LogP contribution in [-0.2, 0) is 10.2 Å². The summed E-state index contributed by atoms with van der Waals surface area (Å²) in [4.78, 5) is 15.5. The fourth-order valence-electron chi connectivity index (χ4n) is 4.73. The van der Waals surface area contributed by atoms with Gasteiger partial charge in [0.25, 0.3) is 0 Å². The van der Waals surface area contributed by atoms with E-state index in [1.54, 1.807) is 0 Å². The van der Waals surface area contributed by atoms with Crippen molar-refractivity contribution >= 4 is 18.3 Å². The van der Waals surface area contributed by atoms with Gasteiger partial charge in [0.05, 0.1) is 5.41 Å². The molecule has 1 aromatic carbocycles. The molecule has 1 aliphatic carbocycles. The average Bonchev–Trinajstić information content (AvgIpc) is 3.25. The molecule has 0 unspecified atom stereocenters. The number of benzene rings is 1. The van der Waals surface area contributed by atoms with E-state index in [9.17, 15) is 4.79 Å². The summed E-state index contributed by atoms with van der Waals surface area (Å²) in [6.07, 6.45) is 4.40. The molecule has 2 heterocycles. The van der Waals surface area contributed by atoms with Crippen molar-refractivity contribution in [3.63, 3.8) is 0 Å². The first-order valence-corrected chi connectivity index (χ1v) is 9.17. The maximum absolute atomic E-state index is 13.3. The Balaban J connectivity index is 0.00000169. The minimum atomic E-state index is -0.200. The number of rotatable bonds is 2. The molecule has 2 atom stereocenters. The van der Waals surface area contributed by atoms with E-state index in [0.29, 0.717) is 5.91 Å². The van der Waals surface area contributed by atoms with Gasteiger partial charge in [0, 0.05) is 13.1 Å². The SMILES string of the molecule is Cc1cc(C)cc(C2(C(=O)N3CC[C@@H]4CNC[C@@H]4CC3)CC2)c1.Cl. The van der Waals surface area contributed by atoms with Crippen molar-refractivity contribution in [1.82, 2.24) is 10.2 Å². The fraction of sp³-hybridized carbons (Fsp3) is 0.650. The van der Waals surface area contributed by atoms with E-state index in [1.165, 1.54) is 29.5 Å². The Hall–Kier alpha value is -1.06. The monoisotopic (exact) mass is 348 g/mol. The lowest BCUT2D eigenvalue weighted by Gasteiger charge is -2.27. The highest BCUT2D eigenvalue weighted by molar-refractivity contribution is 5.91. The average molecular weight is 349 g/mol. The summed E-state index contributed by atoms with van der Waals surface area (Å²) in [5, 5.41) is 3.51. The molecule has 0 radical (unpaired) electrons. The van der Waals surface area contributed by atoms with Crippen LogP contribution in [0.15, 0.2) is 18.2 Å². The Labute approximate surface area is 151 Å². The first-order valence-electron chi connectivity index (χ1n) is 9.17. The van der Waals surface area contributed by atoms with Crippen LogP contribution in [-0.4, -0.2) is 37.0 Å². The molecular formula is C20H29ClN2O. The molecular weight excluding hydrogens is 320 g/mol. The summed E-state index contributed by atoms with van der Waals surface area (Å²) in [7, 11) is 0. The highest BCUT2D eigenvalue weighted by Gasteiger charge is 2.53. The summed E-state index contributed by atoms with van der Waals surface area (Å²) in [6.45, 7) is 8.47. The molecule has 0 aromatic heterocycles. The highest BCUT2D eigenvalue weighted by Crippen LogP contribution is 2.50. The van der Waals surface area contributed by atoms with Crippen LogP contribution in [0.5, 0.6) is 0 Å². The number of carbonyl (C=O) groups is 1. The van der Waals surface area contributed by atoms with Crippen molar-refractivity contribution in [2.45, 2.75) is 44.9 Å². The van der Waals surface area contributed by atoms with Gasteiger partial charge in [-0.2, -0.15) is 0 Å². The summed E-state index contributed by atoms with van der Waals surface area (Å²) in [5.41, 5.74) is 3.60. The minimum absolute atomic E-state index is 0. The Morgan fingerprint density at radius 1 is 1.04 bits per heavy atom. The number of halogens is 1. The Morgan fingerprint density at radius 3 is 2.08 bits per heavy atom. The number of nitrogens with zero attached hydrogens (tertiary/aromatic N) is 1. The van der Waals surface area contributed by atoms with E-state index >= 15 is 0 Å². The van der Waals surface area contributed by atoms with Crippen LogP contribution >= 0.6 is 12.4 Å². The Kier molecular flexibility index (Phi) is 4.94. The molecule has 3 fully saturated rings. The lowest BCUT2D eigenvalue weighted by Crippen LogP contribution is -2.40. The predicted molar refractivity (Wildman–Crippen MR) is 99.7 cm³/mol. The standard InChI is InChI=1S/C20H28N2O.ClH/c1-14-9-15(2)11-18(10-14)20(5-6-20)19(23)22-7-3-16-12-21-13-17(16)4-8-22;/h9-11,16-17,21H,3-8,12-13H2,1-2H3;1H/t16-,17+;. The van der Waals surface area contributed by atoms with Crippen molar-refractivity contribution in [3.05, 3.63) is 34.9 Å². The number of aryl methyl sites for hydroxylation is 2. The molecule has 132 valence electrons. The van der Waals surface area contributed by atoms with Gasteiger partial charge in [-0.25, -0.2) is 0 Å². The zero-order valence-electron chi connectivity index (χ0n) is 14.8. The first-order chi connectivity index (χ1) is 11.1. The lowest BCUT2D eigenvalue weighted by atomic mass is 9.91. The normalized spacial score (nSPS) is 27.8. The van der Waals surface area contributed by atoms with Crippen LogP contribution in [0.3, 0.4) is 0 Å². The third-order valence-electron chi connectivity index (χ3n) is 6.24. The maximum Gasteiger partial charge on any atom is 0.233 e. The van der Waals surface area contributed by atoms with E-state index in [1.807, 2.05) is 0 Å². The van der Waals surface area contributed by atoms with Crippen LogP contribution in [0, 0.1) is 25.7 Å². The topological polar surface area (TPSA) is 32.3 Å². The van der Waals surface area contributed by atoms with E-state index in [2.05, 4.69) is 42.3 Å². The van der Waals surface area contributed by atoms with Crippen LogP contribution in [0.25, 0.3) is 0 Å². The van der Waals surface area contributed by atoms with Crippen LogP contribution in [0.1, 0.15) is 42.4 Å². The summed E-state index contributed by atoms with van der Waals surface area (Å²) >= 11 is 0. The van der Waals surface area contributed by atoms with E-state index in [0.717, 1.165) is 50.9 Å². The number of hydrogen-bond donors (Lipinski definition) is 1. The second kappa shape index (κ2) is 6.68. The van der Waals surface area contributed by atoms with E-state index < -0.39 is 0 Å². The van der Waals surface area contributed by atoms with Crippen molar-refractivity contribution in [2.75, 3.05) is 26.2 Å². The van der Waals surface area contributed by atoms with Gasteiger partial charge in [-0.05, 0) is 70.0 Å². The van der Waals surface area contributed by atoms with Crippen molar-refractivity contribution in [1.29, 1.82) is 0 Å². The number of fused-ring (bicyclic) bond motifs is 1. The van der Waals surface area contributed by atoms with Gasteiger partial charge in [0.1, 0.15) is 0 Å². The van der Waals surface area contributed by atoms with Crippen molar-refractivity contribution in [2.24, 2.45) is 11.8 Å². The molecule has 1 aromatic rings. The summed E-state index contributed by atoms with van der Waals surface area (Å²) in [6, 6.07) is 6.66.